The van der Waals surface area contributed by atoms with E-state index in [9.17, 15) is 9.59 Å². The molecule has 0 aliphatic heterocycles. The summed E-state index contributed by atoms with van der Waals surface area (Å²) in [6.45, 7) is 4.15. The van der Waals surface area contributed by atoms with E-state index in [0.717, 1.165) is 17.7 Å². The average Bonchev–Trinajstić information content (AvgIpc) is 3.34. The summed E-state index contributed by atoms with van der Waals surface area (Å²) in [5, 5.41) is 20.6. The number of rotatable bonds is 6. The van der Waals surface area contributed by atoms with Crippen molar-refractivity contribution in [1.82, 2.24) is 35.4 Å². The lowest BCUT2D eigenvalue weighted by atomic mass is 10.1. The summed E-state index contributed by atoms with van der Waals surface area (Å²) in [5.41, 5.74) is 4.65. The zero-order valence-electron chi connectivity index (χ0n) is 17.1. The molecule has 2 heterocycles. The number of hydrogen-bond donors (Lipinski definition) is 1. The Morgan fingerprint density at radius 2 is 1.94 bits per heavy atom. The third-order valence-electron chi connectivity index (χ3n) is 4.72. The zero-order valence-corrected chi connectivity index (χ0v) is 17.1. The van der Waals surface area contributed by atoms with Gasteiger partial charge in [-0.3, -0.25) is 9.59 Å². The first-order valence-corrected chi connectivity index (χ1v) is 9.76. The van der Waals surface area contributed by atoms with E-state index in [1.54, 1.807) is 31.2 Å². The van der Waals surface area contributed by atoms with E-state index in [1.807, 2.05) is 31.2 Å². The number of tetrazole rings is 1. The van der Waals surface area contributed by atoms with Crippen LogP contribution in [0.2, 0.25) is 0 Å². The summed E-state index contributed by atoms with van der Waals surface area (Å²) in [5.74, 6) is -0.489. The first-order valence-electron chi connectivity index (χ1n) is 9.76. The number of carbonyl (C=O) groups is 1. The fourth-order valence-corrected chi connectivity index (χ4v) is 3.17. The van der Waals surface area contributed by atoms with E-state index in [0.29, 0.717) is 23.0 Å². The van der Waals surface area contributed by atoms with Crippen LogP contribution in [0.25, 0.3) is 16.5 Å². The molecule has 0 radical (unpaired) electrons. The summed E-state index contributed by atoms with van der Waals surface area (Å²) in [6.07, 6.45) is 2.22. The molecule has 156 valence electrons. The Balaban J connectivity index is 1.64. The molecule has 2 aromatic carbocycles. The molecule has 0 aliphatic carbocycles. The maximum atomic E-state index is 12.9. The Kier molecular flexibility index (Phi) is 5.61. The van der Waals surface area contributed by atoms with E-state index in [1.165, 1.54) is 15.7 Å². The largest absolute Gasteiger partial charge is 0.292 e. The highest BCUT2D eigenvalue weighted by molar-refractivity contribution is 6.06. The van der Waals surface area contributed by atoms with Gasteiger partial charge >= 0.3 is 0 Å². The number of hydrazone groups is 1. The SMILES string of the molecule is CCCn1nc(C(=O)N/N=C(/C)c2cccc(-n3cnnn3)c2)c2ccccc2c1=O. The van der Waals surface area contributed by atoms with Crippen LogP contribution in [0.1, 0.15) is 36.3 Å². The summed E-state index contributed by atoms with van der Waals surface area (Å²) in [7, 11) is 0. The predicted molar refractivity (Wildman–Crippen MR) is 115 cm³/mol. The van der Waals surface area contributed by atoms with Gasteiger partial charge in [0.15, 0.2) is 5.69 Å². The van der Waals surface area contributed by atoms with Crippen molar-refractivity contribution in [3.8, 4) is 5.69 Å². The standard InChI is InChI=1S/C21H20N8O2/c1-3-11-28-21(31)18-10-5-4-9-17(18)19(25-28)20(30)24-23-14(2)15-7-6-8-16(12-15)29-13-22-26-27-29/h4-10,12-13H,3,11H2,1-2H3,(H,24,30)/b23-14-. The quantitative estimate of drug-likeness (QED) is 0.379. The molecule has 0 fully saturated rings. The van der Waals surface area contributed by atoms with Crippen LogP contribution < -0.4 is 11.0 Å². The van der Waals surface area contributed by atoms with Crippen LogP contribution in [-0.4, -0.2) is 41.6 Å². The number of aromatic nitrogens is 6. The topological polar surface area (TPSA) is 120 Å². The number of nitrogens with one attached hydrogen (secondary N) is 1. The van der Waals surface area contributed by atoms with Crippen molar-refractivity contribution < 1.29 is 4.79 Å². The van der Waals surface area contributed by atoms with Crippen molar-refractivity contribution in [3.63, 3.8) is 0 Å². The van der Waals surface area contributed by atoms with Crippen molar-refractivity contribution in [1.29, 1.82) is 0 Å². The van der Waals surface area contributed by atoms with Crippen LogP contribution in [-0.2, 0) is 6.54 Å². The van der Waals surface area contributed by atoms with Crippen LogP contribution in [0.5, 0.6) is 0 Å². The van der Waals surface area contributed by atoms with Gasteiger partial charge in [-0.05, 0) is 47.5 Å². The Labute approximate surface area is 177 Å². The molecule has 4 rings (SSSR count). The minimum atomic E-state index is -0.489. The molecule has 2 aromatic heterocycles. The van der Waals surface area contributed by atoms with Crippen LogP contribution in [0.4, 0.5) is 0 Å². The van der Waals surface area contributed by atoms with Crippen molar-refractivity contribution >= 4 is 22.4 Å². The van der Waals surface area contributed by atoms with Crippen LogP contribution in [0, 0.1) is 0 Å². The van der Waals surface area contributed by atoms with Gasteiger partial charge in [0.1, 0.15) is 6.33 Å². The molecule has 1 N–H and O–H groups in total. The third kappa shape index (κ3) is 4.08. The predicted octanol–water partition coefficient (Wildman–Crippen LogP) is 1.94. The number of amides is 1. The van der Waals surface area contributed by atoms with Crippen molar-refractivity contribution in [2.45, 2.75) is 26.8 Å². The highest BCUT2D eigenvalue weighted by Gasteiger charge is 2.16. The third-order valence-corrected chi connectivity index (χ3v) is 4.72. The summed E-state index contributed by atoms with van der Waals surface area (Å²) in [4.78, 5) is 25.5. The normalized spacial score (nSPS) is 11.6. The number of fused-ring (bicyclic) bond motifs is 1. The van der Waals surface area contributed by atoms with Gasteiger partial charge < -0.3 is 0 Å². The molecule has 0 aliphatic rings. The molecule has 31 heavy (non-hydrogen) atoms. The minimum absolute atomic E-state index is 0.155. The molecule has 10 heteroatoms. The van der Waals surface area contributed by atoms with Gasteiger partial charge in [0.05, 0.1) is 16.8 Å². The first-order chi connectivity index (χ1) is 15.1. The lowest BCUT2D eigenvalue weighted by Crippen LogP contribution is -2.29. The van der Waals surface area contributed by atoms with E-state index in [-0.39, 0.29) is 11.3 Å². The molecular formula is C21H20N8O2. The van der Waals surface area contributed by atoms with Gasteiger partial charge in [-0.1, -0.05) is 37.3 Å². The van der Waals surface area contributed by atoms with Crippen molar-refractivity contribution in [2.75, 3.05) is 0 Å². The van der Waals surface area contributed by atoms with E-state index in [4.69, 9.17) is 0 Å². The average molecular weight is 416 g/mol. The molecule has 0 saturated heterocycles. The minimum Gasteiger partial charge on any atom is -0.267 e. The Hall–Kier alpha value is -4.21. The van der Waals surface area contributed by atoms with E-state index in [2.05, 4.69) is 31.2 Å². The molecule has 0 spiro atoms. The zero-order chi connectivity index (χ0) is 21.8. The van der Waals surface area contributed by atoms with Gasteiger partial charge in [-0.2, -0.15) is 10.2 Å². The molecule has 1 amide bonds. The second kappa shape index (κ2) is 8.66. The van der Waals surface area contributed by atoms with Gasteiger partial charge in [0.2, 0.25) is 0 Å². The highest BCUT2D eigenvalue weighted by Crippen LogP contribution is 2.14. The molecular weight excluding hydrogens is 396 g/mol. The fourth-order valence-electron chi connectivity index (χ4n) is 3.17. The molecule has 10 nitrogen and oxygen atoms in total. The van der Waals surface area contributed by atoms with Crippen LogP contribution in [0.3, 0.4) is 0 Å². The molecule has 0 saturated carbocycles. The number of nitrogens with zero attached hydrogens (tertiary/aromatic N) is 7. The number of benzene rings is 2. The van der Waals surface area contributed by atoms with E-state index >= 15 is 0 Å². The fraction of sp³-hybridized carbons (Fsp3) is 0.190. The molecule has 4 aromatic rings. The molecule has 0 atom stereocenters. The Morgan fingerprint density at radius 1 is 1.13 bits per heavy atom. The lowest BCUT2D eigenvalue weighted by molar-refractivity contribution is 0.0949. The number of carbonyl (C=O) groups excluding carboxylic acids is 1. The van der Waals surface area contributed by atoms with E-state index < -0.39 is 5.91 Å². The molecule has 0 bridgehead atoms. The Morgan fingerprint density at radius 3 is 2.68 bits per heavy atom. The highest BCUT2D eigenvalue weighted by atomic mass is 16.2. The Bertz CT molecular complexity index is 1320. The number of aryl methyl sites for hydroxylation is 1. The van der Waals surface area contributed by atoms with Gasteiger partial charge in [-0.25, -0.2) is 14.8 Å². The second-order valence-corrected chi connectivity index (χ2v) is 6.87. The number of hydrogen-bond acceptors (Lipinski definition) is 7. The summed E-state index contributed by atoms with van der Waals surface area (Å²) < 4.78 is 2.85. The smallest absolute Gasteiger partial charge is 0.267 e. The first kappa shape index (κ1) is 20.1. The van der Waals surface area contributed by atoms with Gasteiger partial charge in [-0.15, -0.1) is 5.10 Å². The van der Waals surface area contributed by atoms with Crippen LogP contribution in [0.15, 0.2) is 64.8 Å². The van der Waals surface area contributed by atoms with Crippen molar-refractivity contribution in [3.05, 3.63) is 76.5 Å². The van der Waals surface area contributed by atoms with Gasteiger partial charge in [0.25, 0.3) is 11.5 Å². The van der Waals surface area contributed by atoms with Crippen molar-refractivity contribution in [2.24, 2.45) is 5.10 Å². The maximum Gasteiger partial charge on any atom is 0.292 e. The maximum absolute atomic E-state index is 12.9. The summed E-state index contributed by atoms with van der Waals surface area (Å²) >= 11 is 0. The van der Waals surface area contributed by atoms with Gasteiger partial charge in [0, 0.05) is 11.9 Å². The van der Waals surface area contributed by atoms with Crippen LogP contribution >= 0.6 is 0 Å². The summed E-state index contributed by atoms with van der Waals surface area (Å²) in [6, 6.07) is 14.4. The molecule has 0 unspecified atom stereocenters. The second-order valence-electron chi connectivity index (χ2n) is 6.87. The monoisotopic (exact) mass is 416 g/mol. The lowest BCUT2D eigenvalue weighted by Gasteiger charge is -2.10.